The first-order valence-electron chi connectivity index (χ1n) is 11.2. The van der Waals surface area contributed by atoms with Crippen molar-refractivity contribution in [2.24, 2.45) is 0 Å². The summed E-state index contributed by atoms with van der Waals surface area (Å²) in [5.74, 6) is 0.284. The Kier molecular flexibility index (Phi) is 5.20. The molecular weight excluding hydrogens is 435 g/mol. The Morgan fingerprint density at radius 1 is 1.09 bits per heavy atom. The van der Waals surface area contributed by atoms with Gasteiger partial charge in [0.15, 0.2) is 5.65 Å². The third-order valence-electron chi connectivity index (χ3n) is 6.13. The second-order valence-corrected chi connectivity index (χ2v) is 9.93. The molecule has 3 N–H and O–H groups in total. The molecule has 0 amide bonds. The van der Waals surface area contributed by atoms with Crippen molar-refractivity contribution in [1.29, 1.82) is 0 Å². The molecule has 1 fully saturated rings. The van der Waals surface area contributed by atoms with Crippen molar-refractivity contribution < 1.29 is 9.50 Å². The number of benzene rings is 1. The van der Waals surface area contributed by atoms with Crippen molar-refractivity contribution in [3.05, 3.63) is 48.9 Å². The molecule has 0 bridgehead atoms. The molecule has 2 atom stereocenters. The van der Waals surface area contributed by atoms with E-state index in [1.54, 1.807) is 29.0 Å². The Morgan fingerprint density at radius 3 is 2.65 bits per heavy atom. The summed E-state index contributed by atoms with van der Waals surface area (Å²) in [4.78, 5) is 8.51. The number of nitrogens with zero attached hydrogens (tertiary/aromatic N) is 6. The first-order valence-corrected chi connectivity index (χ1v) is 11.2. The molecule has 1 aromatic carbocycles. The second kappa shape index (κ2) is 7.98. The van der Waals surface area contributed by atoms with Gasteiger partial charge in [-0.2, -0.15) is 5.10 Å². The van der Waals surface area contributed by atoms with Crippen LogP contribution in [0.1, 0.15) is 34.1 Å². The fraction of sp³-hybridized carbons (Fsp3) is 0.375. The Bertz CT molecular complexity index is 1330. The second-order valence-electron chi connectivity index (χ2n) is 9.93. The highest BCUT2D eigenvalue weighted by Crippen LogP contribution is 2.34. The van der Waals surface area contributed by atoms with Gasteiger partial charge in [-0.05, 0) is 58.4 Å². The van der Waals surface area contributed by atoms with Crippen molar-refractivity contribution >= 4 is 11.6 Å². The molecular formula is C24H27FN8O. The first kappa shape index (κ1) is 22.1. The predicted molar refractivity (Wildman–Crippen MR) is 127 cm³/mol. The molecule has 1 aliphatic heterocycles. The van der Waals surface area contributed by atoms with Gasteiger partial charge in [0.2, 0.25) is 5.95 Å². The summed E-state index contributed by atoms with van der Waals surface area (Å²) in [7, 11) is 0. The maximum absolute atomic E-state index is 15.1. The summed E-state index contributed by atoms with van der Waals surface area (Å²) in [5, 5.41) is 29.9. The SMILES string of the molecule is CC1(C)CC(Nc2ncc(-c3ccc(-c4ccc5nccn5n4)cc3O)nn2)[C@H](F)C(C)(C)N1. The molecule has 0 spiro atoms. The van der Waals surface area contributed by atoms with E-state index in [9.17, 15) is 5.11 Å². The number of rotatable bonds is 4. The van der Waals surface area contributed by atoms with E-state index in [0.717, 1.165) is 11.2 Å². The number of nitrogens with one attached hydrogen (secondary N) is 2. The summed E-state index contributed by atoms with van der Waals surface area (Å²) >= 11 is 0. The number of hydrogen-bond donors (Lipinski definition) is 3. The molecule has 4 heterocycles. The first-order chi connectivity index (χ1) is 16.1. The fourth-order valence-electron chi connectivity index (χ4n) is 4.78. The van der Waals surface area contributed by atoms with E-state index in [0.29, 0.717) is 23.4 Å². The highest BCUT2D eigenvalue weighted by molar-refractivity contribution is 5.72. The topological polar surface area (TPSA) is 113 Å². The van der Waals surface area contributed by atoms with Crippen LogP contribution >= 0.6 is 0 Å². The lowest BCUT2D eigenvalue weighted by Crippen LogP contribution is -2.67. The summed E-state index contributed by atoms with van der Waals surface area (Å²) in [6.07, 6.45) is 4.41. The lowest BCUT2D eigenvalue weighted by molar-refractivity contribution is 0.0654. The van der Waals surface area contributed by atoms with Crippen molar-refractivity contribution in [3.63, 3.8) is 0 Å². The summed E-state index contributed by atoms with van der Waals surface area (Å²) in [6.45, 7) is 7.80. The summed E-state index contributed by atoms with van der Waals surface area (Å²) < 4.78 is 16.7. The van der Waals surface area contributed by atoms with Gasteiger partial charge in [0.05, 0.1) is 17.9 Å². The average molecular weight is 463 g/mol. The van der Waals surface area contributed by atoms with Crippen molar-refractivity contribution in [3.8, 4) is 28.3 Å². The smallest absolute Gasteiger partial charge is 0.243 e. The number of halogens is 1. The summed E-state index contributed by atoms with van der Waals surface area (Å²) in [5.41, 5.74) is 2.18. The largest absolute Gasteiger partial charge is 0.507 e. The molecule has 176 valence electrons. The number of phenolic OH excluding ortho intramolecular Hbond substituents is 1. The van der Waals surface area contributed by atoms with Crippen molar-refractivity contribution in [1.82, 2.24) is 35.1 Å². The highest BCUT2D eigenvalue weighted by Gasteiger charge is 2.46. The number of imidazole rings is 1. The average Bonchev–Trinajstić information content (AvgIpc) is 3.25. The Hall–Kier alpha value is -3.66. The molecule has 0 saturated carbocycles. The van der Waals surface area contributed by atoms with E-state index >= 15 is 4.39 Å². The standard InChI is InChI=1S/C24H27FN8O/c1-23(2)12-17(21(25)24(3,4)32-23)28-22-27-13-18(29-30-22)15-6-5-14(11-19(15)34)16-7-8-20-26-9-10-33(20)31-16/h5-11,13,17,21,32,34H,12H2,1-4H3,(H,27,28,30)/t17?,21-/m0/s1. The number of phenols is 1. The normalized spacial score (nSPS) is 21.4. The van der Waals surface area contributed by atoms with Crippen LogP contribution in [0.3, 0.4) is 0 Å². The van der Waals surface area contributed by atoms with E-state index in [4.69, 9.17) is 0 Å². The van der Waals surface area contributed by atoms with Gasteiger partial charge in [-0.1, -0.05) is 6.07 Å². The monoisotopic (exact) mass is 462 g/mol. The van der Waals surface area contributed by atoms with E-state index in [1.165, 1.54) is 6.20 Å². The van der Waals surface area contributed by atoms with Crippen LogP contribution in [-0.4, -0.2) is 58.2 Å². The van der Waals surface area contributed by atoms with E-state index in [2.05, 4.69) is 35.9 Å². The molecule has 5 rings (SSSR count). The Balaban J connectivity index is 1.35. The lowest BCUT2D eigenvalue weighted by Gasteiger charge is -2.48. The van der Waals surface area contributed by atoms with E-state index in [-0.39, 0.29) is 17.2 Å². The van der Waals surface area contributed by atoms with Crippen LogP contribution in [0.15, 0.2) is 48.9 Å². The van der Waals surface area contributed by atoms with E-state index in [1.807, 2.05) is 45.9 Å². The van der Waals surface area contributed by atoms with Crippen molar-refractivity contribution in [2.45, 2.75) is 57.4 Å². The molecule has 1 unspecified atom stereocenters. The fourth-order valence-corrected chi connectivity index (χ4v) is 4.78. The maximum atomic E-state index is 15.1. The number of aromatic hydroxyl groups is 1. The minimum absolute atomic E-state index is 0.0347. The van der Waals surface area contributed by atoms with Crippen LogP contribution in [0.2, 0.25) is 0 Å². The number of alkyl halides is 1. The van der Waals surface area contributed by atoms with Gasteiger partial charge in [0.1, 0.15) is 17.6 Å². The van der Waals surface area contributed by atoms with Crippen LogP contribution in [0.25, 0.3) is 28.2 Å². The molecule has 0 radical (unpaired) electrons. The van der Waals surface area contributed by atoms with Gasteiger partial charge in [-0.25, -0.2) is 18.9 Å². The minimum Gasteiger partial charge on any atom is -0.507 e. The van der Waals surface area contributed by atoms with Crippen LogP contribution < -0.4 is 10.6 Å². The molecule has 10 heteroatoms. The van der Waals surface area contributed by atoms with Crippen molar-refractivity contribution in [2.75, 3.05) is 5.32 Å². The lowest BCUT2D eigenvalue weighted by atomic mass is 9.78. The molecule has 4 aromatic rings. The maximum Gasteiger partial charge on any atom is 0.243 e. The Morgan fingerprint density at radius 2 is 1.91 bits per heavy atom. The molecule has 0 aliphatic carbocycles. The molecule has 9 nitrogen and oxygen atoms in total. The molecule has 1 aliphatic rings. The predicted octanol–water partition coefficient (Wildman–Crippen LogP) is 3.62. The van der Waals surface area contributed by atoms with Gasteiger partial charge in [-0.15, -0.1) is 10.2 Å². The quantitative estimate of drug-likeness (QED) is 0.421. The van der Waals surface area contributed by atoms with Gasteiger partial charge in [-0.3, -0.25) is 0 Å². The third-order valence-corrected chi connectivity index (χ3v) is 6.13. The zero-order valence-corrected chi connectivity index (χ0v) is 19.5. The van der Waals surface area contributed by atoms with Gasteiger partial charge < -0.3 is 15.7 Å². The third kappa shape index (κ3) is 4.16. The zero-order chi connectivity index (χ0) is 24.1. The number of hydrogen-bond acceptors (Lipinski definition) is 8. The number of piperidine rings is 1. The van der Waals surface area contributed by atoms with Crippen LogP contribution in [0.5, 0.6) is 5.75 Å². The van der Waals surface area contributed by atoms with Gasteiger partial charge in [0.25, 0.3) is 0 Å². The van der Waals surface area contributed by atoms with Crippen LogP contribution in [0.4, 0.5) is 10.3 Å². The van der Waals surface area contributed by atoms with Crippen LogP contribution in [-0.2, 0) is 0 Å². The Labute approximate surface area is 196 Å². The number of aromatic nitrogens is 6. The van der Waals surface area contributed by atoms with Crippen LogP contribution in [0, 0.1) is 0 Å². The molecule has 3 aromatic heterocycles. The minimum atomic E-state index is -1.13. The summed E-state index contributed by atoms with van der Waals surface area (Å²) in [6, 6.07) is 8.48. The van der Waals surface area contributed by atoms with E-state index < -0.39 is 17.8 Å². The number of fused-ring (bicyclic) bond motifs is 1. The van der Waals surface area contributed by atoms with Gasteiger partial charge >= 0.3 is 0 Å². The zero-order valence-electron chi connectivity index (χ0n) is 19.5. The highest BCUT2D eigenvalue weighted by atomic mass is 19.1. The molecule has 34 heavy (non-hydrogen) atoms. The van der Waals surface area contributed by atoms with Gasteiger partial charge in [0, 0.05) is 34.6 Å². The molecule has 1 saturated heterocycles. The number of anilines is 1.